The monoisotopic (exact) mass is 400 g/mol. The first-order valence-corrected chi connectivity index (χ1v) is 10.4. The van der Waals surface area contributed by atoms with Crippen LogP contribution in [-0.2, 0) is 6.54 Å². The molecule has 27 heavy (non-hydrogen) atoms. The molecule has 0 bridgehead atoms. The van der Waals surface area contributed by atoms with Crippen molar-refractivity contribution >= 4 is 28.6 Å². The van der Waals surface area contributed by atoms with Crippen molar-refractivity contribution in [1.29, 1.82) is 0 Å². The number of nitrogens with one attached hydrogen (secondary N) is 1. The quantitative estimate of drug-likeness (QED) is 0.706. The summed E-state index contributed by atoms with van der Waals surface area (Å²) in [5, 5.41) is 1.41. The molecule has 3 aromatic rings. The van der Waals surface area contributed by atoms with Crippen LogP contribution in [0.3, 0.4) is 0 Å². The minimum atomic E-state index is 0.692. The highest BCUT2D eigenvalue weighted by Crippen LogP contribution is 2.30. The number of piperazine rings is 1. The van der Waals surface area contributed by atoms with Crippen LogP contribution in [0, 0.1) is 6.92 Å². The highest BCUT2D eigenvalue weighted by molar-refractivity contribution is 7.13. The third kappa shape index (κ3) is 4.61. The maximum absolute atomic E-state index is 6.01. The van der Waals surface area contributed by atoms with Crippen molar-refractivity contribution in [2.24, 2.45) is 0 Å². The number of benzene rings is 2. The third-order valence-electron chi connectivity index (χ3n) is 4.88. The zero-order chi connectivity index (χ0) is 18.6. The molecule has 0 atom stereocenters. The summed E-state index contributed by atoms with van der Waals surface area (Å²) in [5.74, 6) is 0.809. The van der Waals surface area contributed by atoms with E-state index in [2.05, 4.69) is 40.2 Å². The molecule has 0 radical (unpaired) electrons. The maximum atomic E-state index is 6.01. The van der Waals surface area contributed by atoms with E-state index in [0.29, 0.717) is 5.19 Å². The molecular weight excluding hydrogens is 378 g/mol. The van der Waals surface area contributed by atoms with Gasteiger partial charge < -0.3 is 14.5 Å². The first-order chi connectivity index (χ1) is 13.2. The number of halogens is 1. The molecule has 2 heterocycles. The molecule has 0 spiro atoms. The molecule has 1 saturated heterocycles. The third-order valence-corrected chi connectivity index (χ3v) is 5.99. The van der Waals surface area contributed by atoms with Crippen LogP contribution in [-0.4, -0.2) is 31.2 Å². The number of ether oxygens (including phenoxy) is 1. The van der Waals surface area contributed by atoms with Crippen molar-refractivity contribution in [1.82, 2.24) is 4.98 Å². The Kier molecular flexibility index (Phi) is 5.62. The van der Waals surface area contributed by atoms with E-state index in [1.807, 2.05) is 31.3 Å². The van der Waals surface area contributed by atoms with Gasteiger partial charge in [0.2, 0.25) is 0 Å². The Labute approximate surface area is 169 Å². The number of para-hydroxylation sites is 1. The Morgan fingerprint density at radius 3 is 2.67 bits per heavy atom. The number of quaternary nitrogens is 1. The molecule has 4 nitrogen and oxygen atoms in total. The first-order valence-electron chi connectivity index (χ1n) is 9.19. The van der Waals surface area contributed by atoms with E-state index in [-0.39, 0.29) is 0 Å². The van der Waals surface area contributed by atoms with Crippen LogP contribution in [0.5, 0.6) is 10.9 Å². The summed E-state index contributed by atoms with van der Waals surface area (Å²) in [6, 6.07) is 16.3. The summed E-state index contributed by atoms with van der Waals surface area (Å²) >= 11 is 7.64. The standard InChI is InChI=1S/C21H22ClN3OS/c1-16-13-17(22)7-8-20(16)26-21-23-14-19(27-21)15-24-9-11-25(12-10-24)18-5-3-2-4-6-18/h2-8,13-14H,9-12,15H2,1H3/p+1. The van der Waals surface area contributed by atoms with Gasteiger partial charge in [0, 0.05) is 10.7 Å². The minimum absolute atomic E-state index is 0.692. The molecule has 1 aromatic heterocycles. The minimum Gasteiger partial charge on any atom is -0.431 e. The summed E-state index contributed by atoms with van der Waals surface area (Å²) in [6.07, 6.45) is 1.95. The van der Waals surface area contributed by atoms with Crippen LogP contribution in [0.4, 0.5) is 5.69 Å². The van der Waals surface area contributed by atoms with Gasteiger partial charge in [0.25, 0.3) is 5.19 Å². The van der Waals surface area contributed by atoms with E-state index in [1.165, 1.54) is 10.6 Å². The molecule has 1 aliphatic heterocycles. The average molecular weight is 401 g/mol. The summed E-state index contributed by atoms with van der Waals surface area (Å²) in [7, 11) is 0. The molecule has 0 amide bonds. The predicted octanol–water partition coefficient (Wildman–Crippen LogP) is 3.80. The van der Waals surface area contributed by atoms with E-state index >= 15 is 0 Å². The number of hydrogen-bond donors (Lipinski definition) is 1. The van der Waals surface area contributed by atoms with E-state index in [1.54, 1.807) is 16.2 Å². The summed E-state index contributed by atoms with van der Waals surface area (Å²) in [4.78, 5) is 9.77. The number of anilines is 1. The van der Waals surface area contributed by atoms with Gasteiger partial charge in [-0.3, -0.25) is 0 Å². The molecule has 0 aliphatic carbocycles. The Bertz CT molecular complexity index is 891. The van der Waals surface area contributed by atoms with Crippen LogP contribution in [0.1, 0.15) is 10.4 Å². The Balaban J connectivity index is 1.32. The molecule has 0 unspecified atom stereocenters. The largest absolute Gasteiger partial charge is 0.431 e. The van der Waals surface area contributed by atoms with Crippen LogP contribution in [0.15, 0.2) is 54.7 Å². The van der Waals surface area contributed by atoms with Gasteiger partial charge in [0.05, 0.1) is 37.3 Å². The van der Waals surface area contributed by atoms with Crippen molar-refractivity contribution in [3.8, 4) is 10.9 Å². The maximum Gasteiger partial charge on any atom is 0.279 e. The van der Waals surface area contributed by atoms with Crippen molar-refractivity contribution in [3.05, 3.63) is 70.2 Å². The summed E-state index contributed by atoms with van der Waals surface area (Å²) in [6.45, 7) is 7.45. The van der Waals surface area contributed by atoms with Crippen molar-refractivity contribution in [3.63, 3.8) is 0 Å². The zero-order valence-corrected chi connectivity index (χ0v) is 16.9. The predicted molar refractivity (Wildman–Crippen MR) is 111 cm³/mol. The Hall–Kier alpha value is -2.08. The van der Waals surface area contributed by atoms with Gasteiger partial charge in [-0.1, -0.05) is 41.1 Å². The van der Waals surface area contributed by atoms with Gasteiger partial charge in [-0.2, -0.15) is 0 Å². The Morgan fingerprint density at radius 2 is 1.93 bits per heavy atom. The molecule has 6 heteroatoms. The molecule has 140 valence electrons. The number of aromatic nitrogens is 1. The lowest BCUT2D eigenvalue weighted by Gasteiger charge is -2.33. The summed E-state index contributed by atoms with van der Waals surface area (Å²) < 4.78 is 5.94. The molecule has 1 fully saturated rings. The lowest BCUT2D eigenvalue weighted by molar-refractivity contribution is -0.914. The van der Waals surface area contributed by atoms with Gasteiger partial charge in [0.15, 0.2) is 0 Å². The molecular formula is C21H23ClN3OS+. The van der Waals surface area contributed by atoms with Crippen molar-refractivity contribution in [2.45, 2.75) is 13.5 Å². The number of rotatable bonds is 5. The van der Waals surface area contributed by atoms with Gasteiger partial charge >= 0.3 is 0 Å². The Morgan fingerprint density at radius 1 is 1.15 bits per heavy atom. The number of nitrogens with zero attached hydrogens (tertiary/aromatic N) is 2. The highest BCUT2D eigenvalue weighted by Gasteiger charge is 2.21. The lowest BCUT2D eigenvalue weighted by atomic mass is 10.2. The van der Waals surface area contributed by atoms with Gasteiger partial charge in [-0.25, -0.2) is 4.98 Å². The SMILES string of the molecule is Cc1cc(Cl)ccc1Oc1ncc(C[NH+]2CCN(c3ccccc3)CC2)s1. The number of hydrogen-bond acceptors (Lipinski definition) is 4. The second kappa shape index (κ2) is 8.30. The van der Waals surface area contributed by atoms with Crippen LogP contribution < -0.4 is 14.5 Å². The van der Waals surface area contributed by atoms with Crippen molar-refractivity contribution < 1.29 is 9.64 Å². The smallest absolute Gasteiger partial charge is 0.279 e. The molecule has 1 N–H and O–H groups in total. The van der Waals surface area contributed by atoms with Crippen LogP contribution in [0.2, 0.25) is 5.02 Å². The molecule has 1 aliphatic rings. The van der Waals surface area contributed by atoms with Gasteiger partial charge in [-0.05, 0) is 42.8 Å². The molecule has 2 aromatic carbocycles. The second-order valence-electron chi connectivity index (χ2n) is 6.85. The van der Waals surface area contributed by atoms with Crippen LogP contribution >= 0.6 is 22.9 Å². The fraction of sp³-hybridized carbons (Fsp3) is 0.286. The zero-order valence-electron chi connectivity index (χ0n) is 15.3. The van der Waals surface area contributed by atoms with Gasteiger partial charge in [-0.15, -0.1) is 0 Å². The fourth-order valence-electron chi connectivity index (χ4n) is 3.38. The first kappa shape index (κ1) is 18.3. The van der Waals surface area contributed by atoms with Crippen molar-refractivity contribution in [2.75, 3.05) is 31.1 Å². The van der Waals surface area contributed by atoms with Crippen LogP contribution in [0.25, 0.3) is 0 Å². The fourth-order valence-corrected chi connectivity index (χ4v) is 4.45. The molecule has 0 saturated carbocycles. The average Bonchev–Trinajstić information content (AvgIpc) is 3.12. The lowest BCUT2D eigenvalue weighted by Crippen LogP contribution is -3.13. The topological polar surface area (TPSA) is 29.8 Å². The van der Waals surface area contributed by atoms with E-state index < -0.39 is 0 Å². The number of aryl methyl sites for hydroxylation is 1. The number of thiazole rings is 1. The highest BCUT2D eigenvalue weighted by atomic mass is 35.5. The van der Waals surface area contributed by atoms with Gasteiger partial charge in [0.1, 0.15) is 12.3 Å². The normalized spacial score (nSPS) is 15.1. The van der Waals surface area contributed by atoms with E-state index in [4.69, 9.17) is 16.3 Å². The summed E-state index contributed by atoms with van der Waals surface area (Å²) in [5.41, 5.74) is 2.34. The molecule has 4 rings (SSSR count). The van der Waals surface area contributed by atoms with E-state index in [9.17, 15) is 0 Å². The van der Waals surface area contributed by atoms with E-state index in [0.717, 1.165) is 49.1 Å². The second-order valence-corrected chi connectivity index (χ2v) is 8.37.